The summed E-state index contributed by atoms with van der Waals surface area (Å²) < 4.78 is 4.89. The van der Waals surface area contributed by atoms with Gasteiger partial charge in [0.05, 0.1) is 7.11 Å². The summed E-state index contributed by atoms with van der Waals surface area (Å²) in [7, 11) is 1.65. The Morgan fingerprint density at radius 1 is 1.33 bits per heavy atom. The predicted octanol–water partition coefficient (Wildman–Crippen LogP) is -1.50. The van der Waals surface area contributed by atoms with Gasteiger partial charge in [-0.05, 0) is 0 Å². The van der Waals surface area contributed by atoms with Gasteiger partial charge in [-0.25, -0.2) is 0 Å². The van der Waals surface area contributed by atoms with E-state index in [0.29, 0.717) is 0 Å². The van der Waals surface area contributed by atoms with E-state index < -0.39 is 0 Å². The first-order chi connectivity index (χ1) is 3.93. The first-order valence-corrected chi connectivity index (χ1v) is 2.43. The van der Waals surface area contributed by atoms with Crippen molar-refractivity contribution in [3.05, 3.63) is 30.3 Å². The van der Waals surface area contributed by atoms with Crippen LogP contribution in [0.2, 0.25) is 0 Å². The Morgan fingerprint density at radius 2 is 1.89 bits per heavy atom. The number of ether oxygens (including phenoxy) is 1. The molecule has 0 saturated heterocycles. The first kappa shape index (κ1) is 9.02. The van der Waals surface area contributed by atoms with Crippen LogP contribution in [0.5, 0.6) is 5.75 Å². The van der Waals surface area contributed by atoms with Crippen molar-refractivity contribution in [2.45, 2.75) is 0 Å². The maximum absolute atomic E-state index is 4.89. The molecule has 9 heavy (non-hydrogen) atoms. The van der Waals surface area contributed by atoms with Crippen LogP contribution in [0.4, 0.5) is 0 Å². The number of rotatable bonds is 1. The van der Waals surface area contributed by atoms with Crippen LogP contribution in [-0.4, -0.2) is 7.11 Å². The second-order valence-corrected chi connectivity index (χ2v) is 1.44. The molecule has 2 heteroatoms. The van der Waals surface area contributed by atoms with E-state index in [0.717, 1.165) is 5.75 Å². The van der Waals surface area contributed by atoms with E-state index in [2.05, 4.69) is 6.07 Å². The Kier molecular flexibility index (Phi) is 4.87. The Labute approximate surface area is 77.3 Å². The molecule has 0 saturated carbocycles. The van der Waals surface area contributed by atoms with Crippen molar-refractivity contribution in [1.82, 2.24) is 0 Å². The van der Waals surface area contributed by atoms with Gasteiger partial charge in [0.15, 0.2) is 0 Å². The Bertz CT molecular complexity index is 150. The molecule has 1 rings (SSSR count). The standard InChI is InChI=1S/C7H7O.Na/c1-8-7-5-3-2-4-6-7;/h3-6H,1H3;/q-1;+1. The number of benzene rings is 1. The summed E-state index contributed by atoms with van der Waals surface area (Å²) in [5.74, 6) is 0.878. The molecule has 0 unspecified atom stereocenters. The van der Waals surface area contributed by atoms with Crippen molar-refractivity contribution in [1.29, 1.82) is 0 Å². The van der Waals surface area contributed by atoms with Crippen molar-refractivity contribution < 1.29 is 34.3 Å². The number of hydrogen-bond donors (Lipinski definition) is 0. The minimum Gasteiger partial charge on any atom is -0.522 e. The minimum atomic E-state index is 0. The zero-order valence-corrected chi connectivity index (χ0v) is 7.72. The molecule has 1 nitrogen and oxygen atoms in total. The average molecular weight is 130 g/mol. The molecule has 0 heterocycles. The Balaban J connectivity index is 0.000000640. The van der Waals surface area contributed by atoms with Gasteiger partial charge in [0, 0.05) is 5.75 Å². The van der Waals surface area contributed by atoms with E-state index in [9.17, 15) is 0 Å². The van der Waals surface area contributed by atoms with Crippen molar-refractivity contribution >= 4 is 0 Å². The average Bonchev–Trinajstić information content (AvgIpc) is 1.90. The zero-order valence-electron chi connectivity index (χ0n) is 5.72. The smallest absolute Gasteiger partial charge is 0.522 e. The van der Waals surface area contributed by atoms with Gasteiger partial charge >= 0.3 is 29.6 Å². The molecule has 0 radical (unpaired) electrons. The van der Waals surface area contributed by atoms with Crippen LogP contribution in [0, 0.1) is 6.07 Å². The normalized spacial score (nSPS) is 7.67. The fraction of sp³-hybridized carbons (Fsp3) is 0.143. The second-order valence-electron chi connectivity index (χ2n) is 1.44. The molecule has 42 valence electrons. The van der Waals surface area contributed by atoms with Crippen LogP contribution >= 0.6 is 0 Å². The SMILES string of the molecule is COc1cc[c-]cc1.[Na+]. The molecule has 1 aromatic carbocycles. The van der Waals surface area contributed by atoms with Gasteiger partial charge in [0.25, 0.3) is 0 Å². The summed E-state index contributed by atoms with van der Waals surface area (Å²) >= 11 is 0. The van der Waals surface area contributed by atoms with Crippen LogP contribution in [0.3, 0.4) is 0 Å². The monoisotopic (exact) mass is 130 g/mol. The summed E-state index contributed by atoms with van der Waals surface area (Å²) in [6, 6.07) is 10.2. The summed E-state index contributed by atoms with van der Waals surface area (Å²) in [6.07, 6.45) is 0. The van der Waals surface area contributed by atoms with Crippen LogP contribution in [0.25, 0.3) is 0 Å². The second kappa shape index (κ2) is 4.86. The third-order valence-corrected chi connectivity index (χ3v) is 0.923. The van der Waals surface area contributed by atoms with Gasteiger partial charge in [0.2, 0.25) is 0 Å². The third kappa shape index (κ3) is 2.89. The number of methoxy groups -OCH3 is 1. The molecule has 0 aromatic heterocycles. The van der Waals surface area contributed by atoms with E-state index in [-0.39, 0.29) is 29.6 Å². The largest absolute Gasteiger partial charge is 1.00 e. The molecular weight excluding hydrogens is 123 g/mol. The van der Waals surface area contributed by atoms with E-state index in [1.165, 1.54) is 0 Å². The van der Waals surface area contributed by atoms with Crippen LogP contribution in [-0.2, 0) is 0 Å². The van der Waals surface area contributed by atoms with Crippen molar-refractivity contribution in [2.24, 2.45) is 0 Å². The fourth-order valence-electron chi connectivity index (χ4n) is 0.508. The van der Waals surface area contributed by atoms with Gasteiger partial charge in [-0.1, -0.05) is 0 Å². The maximum Gasteiger partial charge on any atom is 1.00 e. The van der Waals surface area contributed by atoms with E-state index in [4.69, 9.17) is 4.74 Å². The molecule has 0 spiro atoms. The van der Waals surface area contributed by atoms with E-state index in [1.54, 1.807) is 7.11 Å². The summed E-state index contributed by atoms with van der Waals surface area (Å²) in [5, 5.41) is 0. The Morgan fingerprint density at radius 3 is 2.22 bits per heavy atom. The summed E-state index contributed by atoms with van der Waals surface area (Å²) in [6.45, 7) is 0. The first-order valence-electron chi connectivity index (χ1n) is 2.43. The molecule has 0 bridgehead atoms. The molecule has 0 fully saturated rings. The summed E-state index contributed by atoms with van der Waals surface area (Å²) in [5.41, 5.74) is 0. The predicted molar refractivity (Wildman–Crippen MR) is 31.8 cm³/mol. The molecule has 0 atom stereocenters. The van der Waals surface area contributed by atoms with Gasteiger partial charge in [0.1, 0.15) is 0 Å². The molecule has 1 aromatic rings. The molecular formula is C7H7NaO. The maximum atomic E-state index is 4.89. The Hall–Kier alpha value is 0.0200. The minimum absolute atomic E-state index is 0. The van der Waals surface area contributed by atoms with Gasteiger partial charge in [-0.3, -0.25) is 0 Å². The molecule has 0 aliphatic heterocycles. The van der Waals surface area contributed by atoms with Gasteiger partial charge in [-0.2, -0.15) is 18.2 Å². The topological polar surface area (TPSA) is 9.23 Å². The van der Waals surface area contributed by atoms with Gasteiger partial charge in [-0.15, -0.1) is 12.1 Å². The molecule has 0 aliphatic carbocycles. The van der Waals surface area contributed by atoms with Crippen molar-refractivity contribution in [3.8, 4) is 5.75 Å². The molecule has 0 amide bonds. The third-order valence-electron chi connectivity index (χ3n) is 0.923. The quantitative estimate of drug-likeness (QED) is 0.332. The van der Waals surface area contributed by atoms with E-state index >= 15 is 0 Å². The fourth-order valence-corrected chi connectivity index (χ4v) is 0.508. The van der Waals surface area contributed by atoms with Crippen LogP contribution in [0.1, 0.15) is 0 Å². The zero-order chi connectivity index (χ0) is 5.82. The van der Waals surface area contributed by atoms with Crippen LogP contribution < -0.4 is 34.3 Å². The molecule has 0 N–H and O–H groups in total. The number of hydrogen-bond acceptors (Lipinski definition) is 1. The van der Waals surface area contributed by atoms with Gasteiger partial charge < -0.3 is 4.74 Å². The summed E-state index contributed by atoms with van der Waals surface area (Å²) in [4.78, 5) is 0. The van der Waals surface area contributed by atoms with Crippen LogP contribution in [0.15, 0.2) is 24.3 Å². The van der Waals surface area contributed by atoms with Crippen molar-refractivity contribution in [3.63, 3.8) is 0 Å². The van der Waals surface area contributed by atoms with E-state index in [1.807, 2.05) is 24.3 Å². The van der Waals surface area contributed by atoms with Crippen molar-refractivity contribution in [2.75, 3.05) is 7.11 Å². The molecule has 0 aliphatic rings.